The lowest BCUT2D eigenvalue weighted by molar-refractivity contribution is -0.397. The molecule has 0 amide bonds. The van der Waals surface area contributed by atoms with E-state index in [0.29, 0.717) is 5.54 Å². The molecule has 0 radical (unpaired) electrons. The monoisotopic (exact) mass is 324 g/mol. The normalized spacial score (nSPS) is 50.2. The van der Waals surface area contributed by atoms with Crippen molar-refractivity contribution in [2.75, 3.05) is 0 Å². The smallest absolute Gasteiger partial charge is 0.103 e. The lowest BCUT2D eigenvalue weighted by Gasteiger charge is -2.91. The van der Waals surface area contributed by atoms with Gasteiger partial charge in [0.25, 0.3) is 0 Å². The van der Waals surface area contributed by atoms with E-state index in [0.717, 1.165) is 35.0 Å². The van der Waals surface area contributed by atoms with Gasteiger partial charge in [-0.25, -0.2) is 4.98 Å². The van der Waals surface area contributed by atoms with Gasteiger partial charge in [0.05, 0.1) is 11.0 Å². The zero-order valence-corrected chi connectivity index (χ0v) is 12.7. The maximum absolute atomic E-state index is 4.64. The highest BCUT2D eigenvalue weighted by Gasteiger charge is 2.87. The van der Waals surface area contributed by atoms with E-state index in [1.54, 1.807) is 24.2 Å². The number of hydrogen-bond acceptors (Lipinski definition) is 3. The molecular formula is C14H17BrN2S. The molecule has 96 valence electrons. The SMILES string of the molecule is BrCc1nc(CNC23CC4CC5CC(C2)C543)cs1. The summed E-state index contributed by atoms with van der Waals surface area (Å²) in [5.41, 5.74) is 2.57. The summed E-state index contributed by atoms with van der Waals surface area (Å²) in [4.78, 5) is 4.64. The number of thiazole rings is 1. The summed E-state index contributed by atoms with van der Waals surface area (Å²) in [6, 6.07) is 0. The van der Waals surface area contributed by atoms with Gasteiger partial charge in [0.15, 0.2) is 0 Å². The van der Waals surface area contributed by atoms with Crippen LogP contribution in [0.25, 0.3) is 0 Å². The lowest BCUT2D eigenvalue weighted by atomic mass is 9.15. The third-order valence-electron chi connectivity index (χ3n) is 6.50. The summed E-state index contributed by atoms with van der Waals surface area (Å²) in [5, 5.41) is 8.20. The average Bonchev–Trinajstić information content (AvgIpc) is 2.72. The maximum Gasteiger partial charge on any atom is 0.103 e. The largest absolute Gasteiger partial charge is 0.305 e. The van der Waals surface area contributed by atoms with Crippen LogP contribution in [0.2, 0.25) is 0 Å². The Bertz CT molecular complexity index is 500. The van der Waals surface area contributed by atoms with E-state index in [1.807, 2.05) is 0 Å². The van der Waals surface area contributed by atoms with E-state index in [2.05, 4.69) is 31.6 Å². The highest BCUT2D eigenvalue weighted by atomic mass is 79.9. The number of nitrogens with one attached hydrogen (secondary N) is 1. The third kappa shape index (κ3) is 0.947. The summed E-state index contributed by atoms with van der Waals surface area (Å²) in [6.45, 7) is 0.984. The van der Waals surface area contributed by atoms with Crippen LogP contribution in [0.1, 0.15) is 36.4 Å². The van der Waals surface area contributed by atoms with Crippen molar-refractivity contribution in [2.24, 2.45) is 23.2 Å². The molecule has 1 N–H and O–H groups in total. The van der Waals surface area contributed by atoms with Gasteiger partial charge in [0, 0.05) is 17.5 Å². The molecule has 0 bridgehead atoms. The molecule has 4 heteroatoms. The van der Waals surface area contributed by atoms with Crippen LogP contribution in [0.3, 0.4) is 0 Å². The van der Waals surface area contributed by atoms with Crippen molar-refractivity contribution in [1.29, 1.82) is 0 Å². The second-order valence-electron chi connectivity index (χ2n) is 6.71. The number of nitrogens with zero attached hydrogens (tertiary/aromatic N) is 1. The molecule has 18 heavy (non-hydrogen) atoms. The molecule has 1 spiro atoms. The first-order valence-electron chi connectivity index (χ1n) is 7.03. The first-order chi connectivity index (χ1) is 8.78. The van der Waals surface area contributed by atoms with E-state index < -0.39 is 0 Å². The average molecular weight is 325 g/mol. The molecular weight excluding hydrogens is 308 g/mol. The van der Waals surface area contributed by atoms with Crippen LogP contribution in [0, 0.1) is 23.2 Å². The Morgan fingerprint density at radius 1 is 1.33 bits per heavy atom. The van der Waals surface area contributed by atoms with E-state index in [9.17, 15) is 0 Å². The number of alkyl halides is 1. The quantitative estimate of drug-likeness (QED) is 0.859. The summed E-state index contributed by atoms with van der Waals surface area (Å²) in [7, 11) is 0. The molecule has 1 heterocycles. The first-order valence-corrected chi connectivity index (χ1v) is 9.03. The Balaban J connectivity index is 1.31. The van der Waals surface area contributed by atoms with Crippen LogP contribution in [0.5, 0.6) is 0 Å². The van der Waals surface area contributed by atoms with Gasteiger partial charge < -0.3 is 5.32 Å². The van der Waals surface area contributed by atoms with Gasteiger partial charge in [0.2, 0.25) is 0 Å². The molecule has 4 saturated carbocycles. The molecule has 2 unspecified atom stereocenters. The highest BCUT2D eigenvalue weighted by Crippen LogP contribution is 2.89. The zero-order chi connectivity index (χ0) is 12.0. The molecule has 1 aromatic heterocycles. The minimum atomic E-state index is 0.543. The Hall–Kier alpha value is 0.0700. The zero-order valence-electron chi connectivity index (χ0n) is 10.3. The van der Waals surface area contributed by atoms with E-state index in [4.69, 9.17) is 0 Å². The Kier molecular flexibility index (Phi) is 1.93. The predicted octanol–water partition coefficient (Wildman–Crippen LogP) is 3.32. The number of aromatic nitrogens is 1. The maximum atomic E-state index is 4.64. The van der Waals surface area contributed by atoms with Gasteiger partial charge >= 0.3 is 0 Å². The molecule has 2 nitrogen and oxygen atoms in total. The van der Waals surface area contributed by atoms with Crippen LogP contribution in [0.4, 0.5) is 0 Å². The molecule has 0 aromatic carbocycles. The topological polar surface area (TPSA) is 24.9 Å². The number of hydrogen-bond donors (Lipinski definition) is 1. The standard InChI is InChI=1S/C14H17BrN2S/c15-5-12-17-11(7-18-12)6-16-13-3-9-1-8-2-10(4-13)14(8,9)13/h7-10,16H,1-6H2. The number of rotatable bonds is 4. The number of halogens is 1. The lowest BCUT2D eigenvalue weighted by Crippen LogP contribution is -2.92. The van der Waals surface area contributed by atoms with Crippen molar-refractivity contribution in [3.8, 4) is 0 Å². The Morgan fingerprint density at radius 3 is 2.67 bits per heavy atom. The van der Waals surface area contributed by atoms with Crippen molar-refractivity contribution in [3.63, 3.8) is 0 Å². The van der Waals surface area contributed by atoms with Crippen LogP contribution >= 0.6 is 27.3 Å². The summed E-state index contributed by atoms with van der Waals surface area (Å²) >= 11 is 5.24. The second kappa shape index (κ2) is 3.21. The Labute approximate surface area is 120 Å². The van der Waals surface area contributed by atoms with Crippen LogP contribution < -0.4 is 5.32 Å². The van der Waals surface area contributed by atoms with Gasteiger partial charge in [-0.15, -0.1) is 11.3 Å². The van der Waals surface area contributed by atoms with Crippen LogP contribution in [-0.4, -0.2) is 10.5 Å². The highest BCUT2D eigenvalue weighted by molar-refractivity contribution is 9.08. The predicted molar refractivity (Wildman–Crippen MR) is 75.7 cm³/mol. The summed E-state index contributed by atoms with van der Waals surface area (Å²) in [5.74, 6) is 3.28. The molecule has 4 aliphatic carbocycles. The molecule has 2 atom stereocenters. The van der Waals surface area contributed by atoms with Crippen LogP contribution in [-0.2, 0) is 11.9 Å². The van der Waals surface area contributed by atoms with Crippen molar-refractivity contribution in [2.45, 2.75) is 43.1 Å². The fourth-order valence-corrected chi connectivity index (χ4v) is 7.15. The van der Waals surface area contributed by atoms with Gasteiger partial charge in [-0.1, -0.05) is 15.9 Å². The van der Waals surface area contributed by atoms with Crippen molar-refractivity contribution in [3.05, 3.63) is 16.1 Å². The summed E-state index contributed by atoms with van der Waals surface area (Å²) < 4.78 is 0. The fraction of sp³-hybridized carbons (Fsp3) is 0.786. The minimum Gasteiger partial charge on any atom is -0.305 e. The third-order valence-corrected chi connectivity index (χ3v) is 8.30. The van der Waals surface area contributed by atoms with E-state index in [-0.39, 0.29) is 0 Å². The molecule has 0 aliphatic heterocycles. The van der Waals surface area contributed by atoms with Gasteiger partial charge in [-0.05, 0) is 48.9 Å². The van der Waals surface area contributed by atoms with Crippen molar-refractivity contribution >= 4 is 27.3 Å². The van der Waals surface area contributed by atoms with Crippen LogP contribution in [0.15, 0.2) is 5.38 Å². The van der Waals surface area contributed by atoms with Crippen molar-refractivity contribution < 1.29 is 0 Å². The molecule has 5 rings (SSSR count). The van der Waals surface area contributed by atoms with Gasteiger partial charge in [-0.2, -0.15) is 0 Å². The van der Waals surface area contributed by atoms with E-state index >= 15 is 0 Å². The fourth-order valence-electron chi connectivity index (χ4n) is 5.98. The van der Waals surface area contributed by atoms with Crippen molar-refractivity contribution in [1.82, 2.24) is 10.3 Å². The van der Waals surface area contributed by atoms with E-state index in [1.165, 1.54) is 23.5 Å². The second-order valence-corrected chi connectivity index (χ2v) is 8.21. The van der Waals surface area contributed by atoms with Gasteiger partial charge in [0.1, 0.15) is 5.01 Å². The molecule has 0 saturated heterocycles. The van der Waals surface area contributed by atoms with Gasteiger partial charge in [-0.3, -0.25) is 0 Å². The molecule has 4 fully saturated rings. The minimum absolute atomic E-state index is 0.543. The molecule has 1 aromatic rings. The Morgan fingerprint density at radius 2 is 2.11 bits per heavy atom. The summed E-state index contributed by atoms with van der Waals surface area (Å²) in [6.07, 6.45) is 6.00. The first kappa shape index (κ1) is 10.8. The molecule has 4 aliphatic rings.